The Morgan fingerprint density at radius 1 is 1.29 bits per heavy atom. The molecular weight excluding hydrogens is 214 g/mol. The maximum absolute atomic E-state index is 9.83. The third-order valence-electron chi connectivity index (χ3n) is 3.74. The molecule has 2 rings (SSSR count). The molecule has 0 radical (unpaired) electrons. The van der Waals surface area contributed by atoms with Crippen molar-refractivity contribution in [1.29, 1.82) is 0 Å². The van der Waals surface area contributed by atoms with Gasteiger partial charge in [-0.1, -0.05) is 24.3 Å². The van der Waals surface area contributed by atoms with Crippen molar-refractivity contribution in [3.05, 3.63) is 35.4 Å². The Labute approximate surface area is 103 Å². The highest BCUT2D eigenvalue weighted by molar-refractivity contribution is 5.32. The van der Waals surface area contributed by atoms with E-state index in [1.54, 1.807) is 0 Å². The molecule has 0 unspecified atom stereocenters. The maximum atomic E-state index is 9.83. The molecule has 3 heteroatoms. The number of morpholine rings is 1. The number of aliphatic hydroxyl groups excluding tert-OH is 1. The topological polar surface area (TPSA) is 32.7 Å². The molecule has 1 aliphatic heterocycles. The number of hydrogen-bond acceptors (Lipinski definition) is 3. The Balaban J connectivity index is 2.32. The van der Waals surface area contributed by atoms with Crippen molar-refractivity contribution in [2.24, 2.45) is 0 Å². The molecule has 0 spiro atoms. The Kier molecular flexibility index (Phi) is 3.82. The van der Waals surface area contributed by atoms with E-state index in [-0.39, 0.29) is 12.1 Å². The normalized spacial score (nSPS) is 21.1. The summed E-state index contributed by atoms with van der Waals surface area (Å²) >= 11 is 0. The van der Waals surface area contributed by atoms with Gasteiger partial charge in [-0.25, -0.2) is 0 Å². The summed E-state index contributed by atoms with van der Waals surface area (Å²) < 4.78 is 5.38. The van der Waals surface area contributed by atoms with E-state index in [0.717, 1.165) is 26.3 Å². The van der Waals surface area contributed by atoms with Crippen LogP contribution in [0.25, 0.3) is 0 Å². The first kappa shape index (κ1) is 12.6. The smallest absolute Gasteiger partial charge is 0.0669 e. The molecule has 1 fully saturated rings. The number of aryl methyl sites for hydroxylation is 1. The van der Waals surface area contributed by atoms with Crippen LogP contribution in [0.3, 0.4) is 0 Å². The second kappa shape index (κ2) is 5.17. The molecule has 1 N–H and O–H groups in total. The lowest BCUT2D eigenvalue weighted by molar-refractivity contribution is -0.0394. The number of aliphatic hydroxyl groups is 1. The van der Waals surface area contributed by atoms with E-state index in [2.05, 4.69) is 30.9 Å². The zero-order chi connectivity index (χ0) is 12.3. The number of rotatable bonds is 3. The molecule has 0 saturated carbocycles. The Morgan fingerprint density at radius 2 is 1.94 bits per heavy atom. The van der Waals surface area contributed by atoms with Crippen LogP contribution in [0.4, 0.5) is 0 Å². The van der Waals surface area contributed by atoms with Crippen LogP contribution in [0.15, 0.2) is 24.3 Å². The summed E-state index contributed by atoms with van der Waals surface area (Å²) in [5.41, 5.74) is 2.15. The van der Waals surface area contributed by atoms with E-state index in [9.17, 15) is 5.11 Å². The average molecular weight is 235 g/mol. The van der Waals surface area contributed by atoms with Gasteiger partial charge in [-0.05, 0) is 25.0 Å². The van der Waals surface area contributed by atoms with Gasteiger partial charge in [0.05, 0.1) is 25.4 Å². The third kappa shape index (κ3) is 2.37. The van der Waals surface area contributed by atoms with E-state index < -0.39 is 0 Å². The van der Waals surface area contributed by atoms with Crippen molar-refractivity contribution in [2.75, 3.05) is 32.9 Å². The van der Waals surface area contributed by atoms with Gasteiger partial charge in [0.25, 0.3) is 0 Å². The minimum atomic E-state index is -0.297. The molecular formula is C14H21NO2. The maximum Gasteiger partial charge on any atom is 0.0669 e. The number of hydrogen-bond donors (Lipinski definition) is 1. The molecule has 94 valence electrons. The zero-order valence-electron chi connectivity index (χ0n) is 10.6. The van der Waals surface area contributed by atoms with Crippen molar-refractivity contribution >= 4 is 0 Å². The van der Waals surface area contributed by atoms with Crippen LogP contribution in [0.5, 0.6) is 0 Å². The highest BCUT2D eigenvalue weighted by Crippen LogP contribution is 2.30. The molecule has 1 aromatic carbocycles. The van der Waals surface area contributed by atoms with E-state index in [1.807, 2.05) is 12.1 Å². The van der Waals surface area contributed by atoms with Crippen molar-refractivity contribution in [1.82, 2.24) is 4.90 Å². The fourth-order valence-electron chi connectivity index (χ4n) is 2.59. The summed E-state index contributed by atoms with van der Waals surface area (Å²) in [5.74, 6) is 0. The van der Waals surface area contributed by atoms with E-state index in [1.165, 1.54) is 11.1 Å². The molecule has 0 bridgehead atoms. The Hall–Kier alpha value is -0.900. The first-order valence-electron chi connectivity index (χ1n) is 6.18. The molecule has 0 aliphatic carbocycles. The van der Waals surface area contributed by atoms with Crippen LogP contribution in [-0.4, -0.2) is 42.9 Å². The lowest BCUT2D eigenvalue weighted by Gasteiger charge is -2.43. The summed E-state index contributed by atoms with van der Waals surface area (Å²) in [7, 11) is 0. The predicted molar refractivity (Wildman–Crippen MR) is 68.0 cm³/mol. The monoisotopic (exact) mass is 235 g/mol. The van der Waals surface area contributed by atoms with E-state index >= 15 is 0 Å². The van der Waals surface area contributed by atoms with Gasteiger partial charge in [0.2, 0.25) is 0 Å². The van der Waals surface area contributed by atoms with Crippen molar-refractivity contribution in [3.63, 3.8) is 0 Å². The lowest BCUT2D eigenvalue weighted by atomic mass is 9.87. The number of ether oxygens (including phenoxy) is 1. The minimum Gasteiger partial charge on any atom is -0.394 e. The molecule has 1 saturated heterocycles. The largest absolute Gasteiger partial charge is 0.394 e. The second-order valence-electron chi connectivity index (χ2n) is 4.85. The summed E-state index contributed by atoms with van der Waals surface area (Å²) in [4.78, 5) is 2.32. The number of nitrogens with zero attached hydrogens (tertiary/aromatic N) is 1. The van der Waals surface area contributed by atoms with Crippen LogP contribution in [0.2, 0.25) is 0 Å². The minimum absolute atomic E-state index is 0.137. The quantitative estimate of drug-likeness (QED) is 0.862. The van der Waals surface area contributed by atoms with Crippen molar-refractivity contribution in [2.45, 2.75) is 19.4 Å². The highest BCUT2D eigenvalue weighted by atomic mass is 16.5. The SMILES string of the molecule is Cc1ccccc1[C@@](C)(CO)N1CCOCC1. The van der Waals surface area contributed by atoms with Crippen LogP contribution in [-0.2, 0) is 10.3 Å². The van der Waals surface area contributed by atoms with E-state index in [4.69, 9.17) is 4.74 Å². The van der Waals surface area contributed by atoms with Gasteiger partial charge in [-0.3, -0.25) is 4.90 Å². The van der Waals surface area contributed by atoms with Crippen molar-refractivity contribution < 1.29 is 9.84 Å². The molecule has 1 atom stereocenters. The second-order valence-corrected chi connectivity index (χ2v) is 4.85. The van der Waals surface area contributed by atoms with Gasteiger partial charge in [0.15, 0.2) is 0 Å². The molecule has 0 aromatic heterocycles. The molecule has 1 heterocycles. The van der Waals surface area contributed by atoms with Crippen LogP contribution < -0.4 is 0 Å². The average Bonchev–Trinajstić information content (AvgIpc) is 2.39. The standard InChI is InChI=1S/C14H21NO2/c1-12-5-3-4-6-13(12)14(2,11-16)15-7-9-17-10-8-15/h3-6,16H,7-11H2,1-2H3/t14-/m1/s1. The van der Waals surface area contributed by atoms with Gasteiger partial charge in [-0.2, -0.15) is 0 Å². The molecule has 0 amide bonds. The summed E-state index contributed by atoms with van der Waals surface area (Å²) in [6.45, 7) is 7.61. The van der Waals surface area contributed by atoms with Gasteiger partial charge in [-0.15, -0.1) is 0 Å². The first-order chi connectivity index (χ1) is 8.18. The van der Waals surface area contributed by atoms with Gasteiger partial charge in [0.1, 0.15) is 0 Å². The molecule has 1 aromatic rings. The fraction of sp³-hybridized carbons (Fsp3) is 0.571. The van der Waals surface area contributed by atoms with Crippen molar-refractivity contribution in [3.8, 4) is 0 Å². The molecule has 1 aliphatic rings. The first-order valence-corrected chi connectivity index (χ1v) is 6.18. The summed E-state index contributed by atoms with van der Waals surface area (Å²) in [6.07, 6.45) is 0. The van der Waals surface area contributed by atoms with E-state index in [0.29, 0.717) is 0 Å². The highest BCUT2D eigenvalue weighted by Gasteiger charge is 2.34. The molecule has 3 nitrogen and oxygen atoms in total. The van der Waals surface area contributed by atoms with Gasteiger partial charge >= 0.3 is 0 Å². The lowest BCUT2D eigenvalue weighted by Crippen LogP contribution is -2.52. The Morgan fingerprint density at radius 3 is 2.53 bits per heavy atom. The van der Waals surface area contributed by atoms with Crippen LogP contribution in [0.1, 0.15) is 18.1 Å². The zero-order valence-corrected chi connectivity index (χ0v) is 10.6. The van der Waals surface area contributed by atoms with Crippen LogP contribution in [0, 0.1) is 6.92 Å². The third-order valence-corrected chi connectivity index (χ3v) is 3.74. The number of benzene rings is 1. The molecule has 17 heavy (non-hydrogen) atoms. The van der Waals surface area contributed by atoms with Crippen LogP contribution >= 0.6 is 0 Å². The van der Waals surface area contributed by atoms with Gasteiger partial charge < -0.3 is 9.84 Å². The fourth-order valence-corrected chi connectivity index (χ4v) is 2.59. The van der Waals surface area contributed by atoms with Gasteiger partial charge in [0, 0.05) is 13.1 Å². The Bertz CT molecular complexity index is 374. The predicted octanol–water partition coefficient (Wildman–Crippen LogP) is 1.53. The summed E-state index contributed by atoms with van der Waals surface area (Å²) in [6, 6.07) is 8.29. The summed E-state index contributed by atoms with van der Waals surface area (Å²) in [5, 5.41) is 9.83.